The second-order valence-corrected chi connectivity index (χ2v) is 4.32. The third-order valence-corrected chi connectivity index (χ3v) is 2.36. The average Bonchev–Trinajstić information content (AvgIpc) is 2.07. The Bertz CT molecular complexity index is 154. The number of rotatable bonds is 7. The largest absolute Gasteiger partial charge is 0.385 e. The number of nitrogens with zero attached hydrogens (tertiary/aromatic N) is 1. The Labute approximate surface area is 86.3 Å². The van der Waals surface area contributed by atoms with Crippen molar-refractivity contribution in [1.82, 2.24) is 4.90 Å². The van der Waals surface area contributed by atoms with E-state index in [1.165, 1.54) is 0 Å². The molecule has 4 nitrogen and oxygen atoms in total. The Morgan fingerprint density at radius 3 is 2.57 bits per heavy atom. The monoisotopic (exact) mass is 202 g/mol. The van der Waals surface area contributed by atoms with E-state index in [9.17, 15) is 0 Å². The molecular formula is C10H22N2O2. The van der Waals surface area contributed by atoms with Gasteiger partial charge in [0.25, 0.3) is 0 Å². The van der Waals surface area contributed by atoms with Gasteiger partial charge in [-0.2, -0.15) is 0 Å². The molecule has 1 rings (SSSR count). The van der Waals surface area contributed by atoms with Crippen molar-refractivity contribution in [2.75, 3.05) is 46.6 Å². The summed E-state index contributed by atoms with van der Waals surface area (Å²) in [6.07, 6.45) is 0.977. The molecule has 0 saturated carbocycles. The van der Waals surface area contributed by atoms with Crippen molar-refractivity contribution >= 4 is 0 Å². The van der Waals surface area contributed by atoms with Crippen LogP contribution in [0.2, 0.25) is 0 Å². The first kappa shape index (κ1) is 11.9. The Balaban J connectivity index is 1.82. The van der Waals surface area contributed by atoms with Crippen LogP contribution in [0, 0.1) is 0 Å². The fraction of sp³-hybridized carbons (Fsp3) is 1.00. The lowest BCUT2D eigenvalue weighted by atomic mass is 9.94. The lowest BCUT2D eigenvalue weighted by Gasteiger charge is -2.45. The highest BCUT2D eigenvalue weighted by atomic mass is 16.5. The summed E-state index contributed by atoms with van der Waals surface area (Å²) < 4.78 is 10.4. The molecule has 0 unspecified atom stereocenters. The molecule has 0 amide bonds. The first-order valence-electron chi connectivity index (χ1n) is 5.22. The molecule has 14 heavy (non-hydrogen) atoms. The molecule has 0 radical (unpaired) electrons. The summed E-state index contributed by atoms with van der Waals surface area (Å²) in [4.78, 5) is 2.32. The molecule has 0 aromatic carbocycles. The molecule has 84 valence electrons. The minimum absolute atomic E-state index is 0.0377. The highest BCUT2D eigenvalue weighted by Gasteiger charge is 2.33. The Morgan fingerprint density at radius 2 is 2.00 bits per heavy atom. The van der Waals surface area contributed by atoms with E-state index in [2.05, 4.69) is 11.8 Å². The van der Waals surface area contributed by atoms with Crippen LogP contribution in [0.1, 0.15) is 13.3 Å². The van der Waals surface area contributed by atoms with Crippen LogP contribution in [0.3, 0.4) is 0 Å². The second-order valence-electron chi connectivity index (χ2n) is 4.32. The minimum atomic E-state index is 0.0377. The van der Waals surface area contributed by atoms with Crippen LogP contribution in [0.4, 0.5) is 0 Å². The van der Waals surface area contributed by atoms with Crippen molar-refractivity contribution in [1.29, 1.82) is 0 Å². The number of methoxy groups -OCH3 is 1. The number of hydrogen-bond acceptors (Lipinski definition) is 4. The Hall–Kier alpha value is -0.160. The standard InChI is InChI=1S/C10H22N2O2/c1-10(11)8-12(9-10)4-7-14-6-3-5-13-2/h3-9,11H2,1-2H3. The van der Waals surface area contributed by atoms with Crippen molar-refractivity contribution in [2.45, 2.75) is 18.9 Å². The maximum atomic E-state index is 5.88. The summed E-state index contributed by atoms with van der Waals surface area (Å²) in [6, 6.07) is 0. The van der Waals surface area contributed by atoms with Gasteiger partial charge in [-0.05, 0) is 13.3 Å². The third kappa shape index (κ3) is 4.37. The maximum absolute atomic E-state index is 5.88. The van der Waals surface area contributed by atoms with Crippen molar-refractivity contribution < 1.29 is 9.47 Å². The second kappa shape index (κ2) is 5.66. The zero-order valence-corrected chi connectivity index (χ0v) is 9.29. The van der Waals surface area contributed by atoms with Gasteiger partial charge in [0, 0.05) is 45.5 Å². The summed E-state index contributed by atoms with van der Waals surface area (Å²) >= 11 is 0. The van der Waals surface area contributed by atoms with Crippen LogP contribution in [0.5, 0.6) is 0 Å². The molecule has 1 saturated heterocycles. The van der Waals surface area contributed by atoms with E-state index in [4.69, 9.17) is 15.2 Å². The number of ether oxygens (including phenoxy) is 2. The average molecular weight is 202 g/mol. The van der Waals surface area contributed by atoms with Gasteiger partial charge in [0.15, 0.2) is 0 Å². The van der Waals surface area contributed by atoms with Crippen molar-refractivity contribution in [3.05, 3.63) is 0 Å². The summed E-state index contributed by atoms with van der Waals surface area (Å²) in [5.41, 5.74) is 5.92. The quantitative estimate of drug-likeness (QED) is 0.594. The summed E-state index contributed by atoms with van der Waals surface area (Å²) in [5.74, 6) is 0. The molecule has 0 bridgehead atoms. The van der Waals surface area contributed by atoms with E-state index in [0.29, 0.717) is 0 Å². The van der Waals surface area contributed by atoms with Gasteiger partial charge in [-0.15, -0.1) is 0 Å². The Kier molecular flexibility index (Phi) is 4.81. The van der Waals surface area contributed by atoms with Gasteiger partial charge >= 0.3 is 0 Å². The summed E-state index contributed by atoms with van der Waals surface area (Å²) in [7, 11) is 1.71. The predicted molar refractivity (Wildman–Crippen MR) is 56.3 cm³/mol. The van der Waals surface area contributed by atoms with Crippen LogP contribution < -0.4 is 5.73 Å². The molecule has 0 atom stereocenters. The zero-order chi connectivity index (χ0) is 10.4. The van der Waals surface area contributed by atoms with E-state index in [-0.39, 0.29) is 5.54 Å². The number of hydrogen-bond donors (Lipinski definition) is 1. The van der Waals surface area contributed by atoms with Gasteiger partial charge < -0.3 is 15.2 Å². The SMILES string of the molecule is COCCCOCCN1CC(C)(N)C1. The van der Waals surface area contributed by atoms with Crippen molar-refractivity contribution in [3.8, 4) is 0 Å². The molecule has 1 fully saturated rings. The van der Waals surface area contributed by atoms with Crippen LogP contribution in [0.15, 0.2) is 0 Å². The van der Waals surface area contributed by atoms with Crippen LogP contribution >= 0.6 is 0 Å². The zero-order valence-electron chi connectivity index (χ0n) is 9.29. The Morgan fingerprint density at radius 1 is 1.29 bits per heavy atom. The topological polar surface area (TPSA) is 47.7 Å². The molecule has 4 heteroatoms. The normalized spacial score (nSPS) is 20.8. The van der Waals surface area contributed by atoms with E-state index in [1.54, 1.807) is 7.11 Å². The predicted octanol–water partition coefficient (Wildman–Crippen LogP) is 0.0725. The van der Waals surface area contributed by atoms with Gasteiger partial charge in [-0.25, -0.2) is 0 Å². The van der Waals surface area contributed by atoms with Gasteiger partial charge in [0.1, 0.15) is 0 Å². The van der Waals surface area contributed by atoms with Crippen molar-refractivity contribution in [2.24, 2.45) is 5.73 Å². The first-order valence-corrected chi connectivity index (χ1v) is 5.22. The number of likely N-dealkylation sites (tertiary alicyclic amines) is 1. The highest BCUT2D eigenvalue weighted by Crippen LogP contribution is 2.15. The first-order chi connectivity index (χ1) is 6.64. The van der Waals surface area contributed by atoms with E-state index in [1.807, 2.05) is 0 Å². The van der Waals surface area contributed by atoms with Gasteiger partial charge in [0.05, 0.1) is 6.61 Å². The molecular weight excluding hydrogens is 180 g/mol. The highest BCUT2D eigenvalue weighted by molar-refractivity contribution is 4.95. The molecule has 0 aliphatic carbocycles. The lowest BCUT2D eigenvalue weighted by Crippen LogP contribution is -2.65. The smallest absolute Gasteiger partial charge is 0.0593 e. The van der Waals surface area contributed by atoms with Gasteiger partial charge in [0.2, 0.25) is 0 Å². The molecule has 2 N–H and O–H groups in total. The van der Waals surface area contributed by atoms with E-state index >= 15 is 0 Å². The molecule has 0 aromatic heterocycles. The minimum Gasteiger partial charge on any atom is -0.385 e. The molecule has 0 aromatic rings. The van der Waals surface area contributed by atoms with Crippen LogP contribution in [0.25, 0.3) is 0 Å². The van der Waals surface area contributed by atoms with Gasteiger partial charge in [-0.3, -0.25) is 4.90 Å². The third-order valence-electron chi connectivity index (χ3n) is 2.36. The molecule has 1 aliphatic heterocycles. The lowest BCUT2D eigenvalue weighted by molar-refractivity contribution is 0.0346. The van der Waals surface area contributed by atoms with E-state index < -0.39 is 0 Å². The molecule has 0 spiro atoms. The van der Waals surface area contributed by atoms with Gasteiger partial charge in [-0.1, -0.05) is 0 Å². The fourth-order valence-electron chi connectivity index (χ4n) is 1.73. The fourth-order valence-corrected chi connectivity index (χ4v) is 1.73. The maximum Gasteiger partial charge on any atom is 0.0593 e. The molecule has 1 heterocycles. The summed E-state index contributed by atoms with van der Waals surface area (Å²) in [6.45, 7) is 7.46. The molecule has 1 aliphatic rings. The number of nitrogens with two attached hydrogens (primary N) is 1. The summed E-state index contributed by atoms with van der Waals surface area (Å²) in [5, 5.41) is 0. The van der Waals surface area contributed by atoms with E-state index in [0.717, 1.165) is 45.9 Å². The van der Waals surface area contributed by atoms with Crippen LogP contribution in [-0.4, -0.2) is 57.0 Å². The van der Waals surface area contributed by atoms with Crippen molar-refractivity contribution in [3.63, 3.8) is 0 Å². The van der Waals surface area contributed by atoms with Crippen LogP contribution in [-0.2, 0) is 9.47 Å².